The summed E-state index contributed by atoms with van der Waals surface area (Å²) >= 11 is 0. The summed E-state index contributed by atoms with van der Waals surface area (Å²) in [5.41, 5.74) is 3.88. The zero-order valence-corrected chi connectivity index (χ0v) is 21.1. The highest BCUT2D eigenvalue weighted by atomic mass is 16.3. The molecule has 2 N–H and O–H groups in total. The summed E-state index contributed by atoms with van der Waals surface area (Å²) < 4.78 is 0. The monoisotopic (exact) mass is 426 g/mol. The van der Waals surface area contributed by atoms with Crippen LogP contribution in [0.2, 0.25) is 0 Å². The van der Waals surface area contributed by atoms with Crippen LogP contribution in [0.3, 0.4) is 0 Å². The first-order valence-electron chi connectivity index (χ1n) is 13.1. The Bertz CT molecular complexity index is 834. The average Bonchev–Trinajstić information content (AvgIpc) is 2.67. The van der Waals surface area contributed by atoms with Gasteiger partial charge < -0.3 is 10.2 Å². The van der Waals surface area contributed by atoms with E-state index in [4.69, 9.17) is 0 Å². The Kier molecular flexibility index (Phi) is 4.66. The van der Waals surface area contributed by atoms with Gasteiger partial charge in [0.25, 0.3) is 0 Å². The molecule has 0 amide bonds. The molecule has 174 valence electrons. The molecule has 0 radical (unpaired) electrons. The summed E-state index contributed by atoms with van der Waals surface area (Å²) in [4.78, 5) is 0. The van der Waals surface area contributed by atoms with Crippen LogP contribution in [0.15, 0.2) is 23.3 Å². The van der Waals surface area contributed by atoms with Crippen LogP contribution >= 0.6 is 0 Å². The molecule has 0 unspecified atom stereocenters. The zero-order valence-electron chi connectivity index (χ0n) is 21.1. The standard InChI is InChI=1S/C29H46O2/c1-25(2)17-19-18(16-24(25)31)10-14-28(6)20(19)8-9-22-27(5)13-12-23(30)26(3,4)21(27)11-15-29(22,28)7/h10,17,20-24,30-31H,8-9,11-16H2,1-7H3/t20-,21+,22-,23+,24+,27+,28-,29-/m1/s1. The first kappa shape index (κ1) is 22.2. The van der Waals surface area contributed by atoms with Gasteiger partial charge in [-0.05, 0) is 102 Å². The van der Waals surface area contributed by atoms with Crippen molar-refractivity contribution in [2.75, 3.05) is 0 Å². The summed E-state index contributed by atoms with van der Waals surface area (Å²) in [6.07, 6.45) is 13.9. The Morgan fingerprint density at radius 1 is 0.774 bits per heavy atom. The largest absolute Gasteiger partial charge is 0.393 e. The van der Waals surface area contributed by atoms with Crippen LogP contribution in [-0.2, 0) is 0 Å². The van der Waals surface area contributed by atoms with Crippen molar-refractivity contribution in [2.24, 2.45) is 44.8 Å². The smallest absolute Gasteiger partial charge is 0.0665 e. The van der Waals surface area contributed by atoms with Crippen molar-refractivity contribution in [1.29, 1.82) is 0 Å². The third kappa shape index (κ3) is 2.70. The number of rotatable bonds is 0. The first-order chi connectivity index (χ1) is 14.3. The van der Waals surface area contributed by atoms with Crippen molar-refractivity contribution >= 4 is 0 Å². The lowest BCUT2D eigenvalue weighted by Crippen LogP contribution is -2.64. The van der Waals surface area contributed by atoms with E-state index < -0.39 is 0 Å². The number of aliphatic hydroxyl groups is 2. The second kappa shape index (κ2) is 6.50. The second-order valence-corrected chi connectivity index (χ2v) is 14.1. The molecule has 0 aromatic heterocycles. The van der Waals surface area contributed by atoms with E-state index in [-0.39, 0.29) is 28.5 Å². The summed E-state index contributed by atoms with van der Waals surface area (Å²) in [6, 6.07) is 0. The van der Waals surface area contributed by atoms with E-state index in [1.165, 1.54) is 37.7 Å². The predicted molar refractivity (Wildman–Crippen MR) is 127 cm³/mol. The van der Waals surface area contributed by atoms with Gasteiger partial charge in [0, 0.05) is 5.41 Å². The van der Waals surface area contributed by atoms with E-state index in [9.17, 15) is 10.2 Å². The predicted octanol–water partition coefficient (Wildman–Crippen LogP) is 6.67. The minimum absolute atomic E-state index is 0.0256. The Labute approximate surface area is 190 Å². The van der Waals surface area contributed by atoms with E-state index in [2.05, 4.69) is 60.6 Å². The highest BCUT2D eigenvalue weighted by molar-refractivity contribution is 5.44. The van der Waals surface area contributed by atoms with Crippen molar-refractivity contribution in [3.05, 3.63) is 23.3 Å². The summed E-state index contributed by atoms with van der Waals surface area (Å²) in [7, 11) is 0. The van der Waals surface area contributed by atoms with Crippen molar-refractivity contribution in [1.82, 2.24) is 0 Å². The molecule has 8 atom stereocenters. The molecule has 2 heteroatoms. The SMILES string of the molecule is CC1(C)C=C2C(=CC[C@]3(C)[C@@H]2CC[C@@H]2[C@@]4(C)CC[C@H](O)C(C)(C)[C@@H]4CC[C@]23C)C[C@@H]1O. The maximum absolute atomic E-state index is 10.9. The fourth-order valence-electron chi connectivity index (χ4n) is 9.84. The molecule has 31 heavy (non-hydrogen) atoms. The fraction of sp³-hybridized carbons (Fsp3) is 0.862. The Morgan fingerprint density at radius 2 is 1.48 bits per heavy atom. The lowest BCUT2D eigenvalue weighted by Gasteiger charge is -2.71. The second-order valence-electron chi connectivity index (χ2n) is 14.1. The molecule has 0 bridgehead atoms. The van der Waals surface area contributed by atoms with Gasteiger partial charge >= 0.3 is 0 Å². The minimum Gasteiger partial charge on any atom is -0.393 e. The zero-order chi connectivity index (χ0) is 22.6. The molecule has 5 aliphatic rings. The molecule has 0 aliphatic heterocycles. The molecule has 2 nitrogen and oxygen atoms in total. The average molecular weight is 427 g/mol. The van der Waals surface area contributed by atoms with Gasteiger partial charge in [0.1, 0.15) is 0 Å². The van der Waals surface area contributed by atoms with E-state index in [0.717, 1.165) is 25.2 Å². The van der Waals surface area contributed by atoms with E-state index in [0.29, 0.717) is 22.7 Å². The third-order valence-corrected chi connectivity index (χ3v) is 12.2. The molecular formula is C29H46O2. The van der Waals surface area contributed by atoms with Crippen molar-refractivity contribution in [2.45, 2.75) is 112 Å². The maximum atomic E-state index is 10.9. The topological polar surface area (TPSA) is 40.5 Å². The van der Waals surface area contributed by atoms with Crippen LogP contribution in [0.1, 0.15) is 99.8 Å². The molecule has 0 heterocycles. The van der Waals surface area contributed by atoms with Crippen molar-refractivity contribution in [3.8, 4) is 0 Å². The number of fused-ring (bicyclic) bond motifs is 7. The Morgan fingerprint density at radius 3 is 2.19 bits per heavy atom. The van der Waals surface area contributed by atoms with E-state index in [1.807, 2.05) is 0 Å². The van der Waals surface area contributed by atoms with Gasteiger partial charge in [0.15, 0.2) is 0 Å². The number of aliphatic hydroxyl groups excluding tert-OH is 2. The highest BCUT2D eigenvalue weighted by Crippen LogP contribution is 2.74. The molecular weight excluding hydrogens is 380 g/mol. The van der Waals surface area contributed by atoms with Gasteiger partial charge in [-0.1, -0.05) is 60.6 Å². The normalized spacial score (nSPS) is 52.6. The van der Waals surface area contributed by atoms with Crippen LogP contribution in [-0.4, -0.2) is 22.4 Å². The quantitative estimate of drug-likeness (QED) is 0.454. The van der Waals surface area contributed by atoms with Gasteiger partial charge in [0.05, 0.1) is 12.2 Å². The molecule has 3 saturated carbocycles. The molecule has 5 rings (SSSR count). The molecule has 5 aliphatic carbocycles. The number of allylic oxidation sites excluding steroid dienone is 2. The number of hydrogen-bond donors (Lipinski definition) is 2. The van der Waals surface area contributed by atoms with Crippen LogP contribution in [0.4, 0.5) is 0 Å². The van der Waals surface area contributed by atoms with Crippen molar-refractivity contribution < 1.29 is 10.2 Å². The summed E-state index contributed by atoms with van der Waals surface area (Å²) in [5.74, 6) is 1.99. The highest BCUT2D eigenvalue weighted by Gasteiger charge is 2.67. The molecule has 0 saturated heterocycles. The van der Waals surface area contributed by atoms with Crippen LogP contribution in [0, 0.1) is 44.8 Å². The summed E-state index contributed by atoms with van der Waals surface area (Å²) in [6.45, 7) is 17.0. The summed E-state index contributed by atoms with van der Waals surface area (Å²) in [5, 5.41) is 21.6. The van der Waals surface area contributed by atoms with E-state index in [1.54, 1.807) is 5.57 Å². The fourth-order valence-corrected chi connectivity index (χ4v) is 9.84. The molecule has 0 aromatic rings. The Hall–Kier alpha value is -0.600. The first-order valence-corrected chi connectivity index (χ1v) is 13.1. The van der Waals surface area contributed by atoms with Gasteiger partial charge in [-0.25, -0.2) is 0 Å². The molecule has 0 aromatic carbocycles. The Balaban J connectivity index is 1.56. The minimum atomic E-state index is -0.260. The van der Waals surface area contributed by atoms with Crippen LogP contribution in [0.5, 0.6) is 0 Å². The van der Waals surface area contributed by atoms with E-state index >= 15 is 0 Å². The van der Waals surface area contributed by atoms with Crippen LogP contribution < -0.4 is 0 Å². The maximum Gasteiger partial charge on any atom is 0.0665 e. The van der Waals surface area contributed by atoms with Gasteiger partial charge in [-0.15, -0.1) is 0 Å². The van der Waals surface area contributed by atoms with Crippen molar-refractivity contribution in [3.63, 3.8) is 0 Å². The van der Waals surface area contributed by atoms with Gasteiger partial charge in [-0.3, -0.25) is 0 Å². The lowest BCUT2D eigenvalue weighted by atomic mass is 9.34. The molecule has 3 fully saturated rings. The van der Waals surface area contributed by atoms with Crippen LogP contribution in [0.25, 0.3) is 0 Å². The molecule has 0 spiro atoms. The third-order valence-electron chi connectivity index (χ3n) is 12.2. The lowest BCUT2D eigenvalue weighted by molar-refractivity contribution is -0.220. The van der Waals surface area contributed by atoms with Gasteiger partial charge in [0.2, 0.25) is 0 Å². The number of hydrogen-bond acceptors (Lipinski definition) is 2. The van der Waals surface area contributed by atoms with Gasteiger partial charge in [-0.2, -0.15) is 0 Å².